The van der Waals surface area contributed by atoms with Crippen molar-refractivity contribution in [1.29, 1.82) is 0 Å². The molecular weight excluding hydrogens is 609 g/mol. The number of aliphatic carboxylic acids is 1. The number of anilines is 3. The molecule has 48 heavy (non-hydrogen) atoms. The average molecular weight is 658 g/mol. The van der Waals surface area contributed by atoms with E-state index in [1.54, 1.807) is 51.5 Å². The first-order valence-electron chi connectivity index (χ1n) is 15.4. The largest absolute Gasteiger partial charge is 1.00 e. The zero-order chi connectivity index (χ0) is 35.2. The number of nitrogen functional groups attached to an aromatic ring is 1. The van der Waals surface area contributed by atoms with Gasteiger partial charge in [0.25, 0.3) is 0 Å². The Balaban J connectivity index is 0.000000407. The summed E-state index contributed by atoms with van der Waals surface area (Å²) in [4.78, 5) is 48.1. The summed E-state index contributed by atoms with van der Waals surface area (Å²) in [7, 11) is 0. The van der Waals surface area contributed by atoms with Gasteiger partial charge in [-0.25, -0.2) is 24.5 Å². The summed E-state index contributed by atoms with van der Waals surface area (Å²) in [6.45, 7) is 16.9. The minimum absolute atomic E-state index is 0. The summed E-state index contributed by atoms with van der Waals surface area (Å²) >= 11 is 0. The number of piperidine rings is 1. The second-order valence-corrected chi connectivity index (χ2v) is 13.1. The molecule has 0 bridgehead atoms. The normalized spacial score (nSPS) is 13.2. The summed E-state index contributed by atoms with van der Waals surface area (Å²) in [5.41, 5.74) is 7.48. The molecule has 0 saturated carbocycles. The fourth-order valence-corrected chi connectivity index (χ4v) is 4.21. The van der Waals surface area contributed by atoms with Crippen LogP contribution in [0.15, 0.2) is 55.0 Å². The molecule has 0 radical (unpaired) electrons. The molecule has 0 atom stereocenters. The van der Waals surface area contributed by atoms with E-state index in [9.17, 15) is 19.5 Å². The summed E-state index contributed by atoms with van der Waals surface area (Å²) in [6.07, 6.45) is 5.16. The van der Waals surface area contributed by atoms with Crippen molar-refractivity contribution in [3.05, 3.63) is 71.7 Å². The van der Waals surface area contributed by atoms with E-state index in [0.717, 1.165) is 29.8 Å². The van der Waals surface area contributed by atoms with Gasteiger partial charge in [0.1, 0.15) is 28.7 Å². The molecule has 3 aromatic rings. The molecule has 0 unspecified atom stereocenters. The smallest absolute Gasteiger partial charge is 0.550 e. The van der Waals surface area contributed by atoms with Gasteiger partial charge in [-0.1, -0.05) is 0 Å². The monoisotopic (exact) mass is 657 g/mol. The summed E-state index contributed by atoms with van der Waals surface area (Å²) in [5.74, 6) is 0.228. The van der Waals surface area contributed by atoms with Crippen LogP contribution in [0.2, 0.25) is 0 Å². The van der Waals surface area contributed by atoms with E-state index >= 15 is 0 Å². The summed E-state index contributed by atoms with van der Waals surface area (Å²) in [5, 5.41) is 16.1. The number of nitrogens with zero attached hydrogens (tertiary/aromatic N) is 4. The Morgan fingerprint density at radius 3 is 1.69 bits per heavy atom. The van der Waals surface area contributed by atoms with Crippen molar-refractivity contribution in [3.63, 3.8) is 0 Å². The number of pyridine rings is 3. The van der Waals surface area contributed by atoms with Crippen LogP contribution in [0.25, 0.3) is 0 Å². The summed E-state index contributed by atoms with van der Waals surface area (Å²) in [6, 6.07) is 11.1. The fraction of sp³-hybridized carbons (Fsp3) is 0.471. The van der Waals surface area contributed by atoms with Gasteiger partial charge < -0.3 is 25.1 Å². The van der Waals surface area contributed by atoms with Crippen LogP contribution in [-0.4, -0.2) is 62.3 Å². The van der Waals surface area contributed by atoms with Gasteiger partial charge in [-0.05, 0) is 134 Å². The number of nitrogens with one attached hydrogen (secondary N) is 2. The first kappa shape index (κ1) is 41.8. The molecule has 0 aromatic carbocycles. The number of hydrogen-bond acceptors (Lipinski definition) is 11. The molecule has 1 saturated heterocycles. The van der Waals surface area contributed by atoms with Crippen molar-refractivity contribution in [2.24, 2.45) is 5.92 Å². The Labute approximate surface area is 295 Å². The second kappa shape index (κ2) is 19.6. The van der Waals surface area contributed by atoms with Gasteiger partial charge >= 0.3 is 31.0 Å². The van der Waals surface area contributed by atoms with Crippen molar-refractivity contribution >= 4 is 35.6 Å². The molecule has 1 aliphatic heterocycles. The standard InChI is InChI=1S/C17H25N3O4.C11H16N2O2.C6H8N2.Li/c1-17(2,3)24-16(23)19-14-10-12(4-7-18-14)11-20-8-5-13(6-9-20)15(21)22;1-8-5-6-12-9(7-8)13-10(14)15-11(2,3)4;1-5-2-3-8-6(7)4-5;/h4,7,10,13H,5-6,8-9,11H2,1-3H3,(H,21,22)(H,18,19,23);5-7H,1-4H3,(H,12,13,14);2-4H,1H3,(H2,7,8);/q;;;+1/p-1. The van der Waals surface area contributed by atoms with Crippen molar-refractivity contribution in [3.8, 4) is 0 Å². The van der Waals surface area contributed by atoms with Gasteiger partial charge in [0.2, 0.25) is 0 Å². The number of nitrogens with two attached hydrogens (primary N) is 1. The average Bonchev–Trinajstić information content (AvgIpc) is 2.92. The van der Waals surface area contributed by atoms with Crippen LogP contribution in [0, 0.1) is 19.8 Å². The minimum Gasteiger partial charge on any atom is -0.550 e. The minimum atomic E-state index is -0.956. The van der Waals surface area contributed by atoms with Crippen LogP contribution in [0.5, 0.6) is 0 Å². The third kappa shape index (κ3) is 18.2. The first-order valence-corrected chi connectivity index (χ1v) is 15.4. The number of carbonyl (C=O) groups excluding carboxylic acids is 3. The number of ether oxygens (including phenoxy) is 2. The molecule has 256 valence electrons. The van der Waals surface area contributed by atoms with Gasteiger partial charge in [0.15, 0.2) is 0 Å². The van der Waals surface area contributed by atoms with Crippen molar-refractivity contribution in [2.75, 3.05) is 29.5 Å². The fourth-order valence-electron chi connectivity index (χ4n) is 4.21. The molecule has 1 fully saturated rings. The maximum Gasteiger partial charge on any atom is 1.00 e. The van der Waals surface area contributed by atoms with Crippen molar-refractivity contribution < 1.29 is 47.8 Å². The van der Waals surface area contributed by atoms with E-state index in [1.807, 2.05) is 58.9 Å². The Morgan fingerprint density at radius 2 is 1.27 bits per heavy atom. The molecule has 4 rings (SSSR count). The number of rotatable bonds is 5. The van der Waals surface area contributed by atoms with E-state index in [2.05, 4.69) is 30.5 Å². The third-order valence-electron chi connectivity index (χ3n) is 6.26. The van der Waals surface area contributed by atoms with E-state index in [1.165, 1.54) is 0 Å². The number of aromatic nitrogens is 3. The number of carbonyl (C=O) groups is 3. The zero-order valence-electron chi connectivity index (χ0n) is 29.6. The molecule has 4 N–H and O–H groups in total. The third-order valence-corrected chi connectivity index (χ3v) is 6.26. The van der Waals surface area contributed by atoms with E-state index in [-0.39, 0.29) is 24.8 Å². The number of hydrogen-bond donors (Lipinski definition) is 3. The van der Waals surface area contributed by atoms with Gasteiger partial charge in [0.05, 0.1) is 0 Å². The first-order chi connectivity index (χ1) is 21.9. The van der Waals surface area contributed by atoms with Crippen LogP contribution in [0.3, 0.4) is 0 Å². The Hall–Kier alpha value is -4.18. The number of likely N-dealkylation sites (tertiary alicyclic amines) is 1. The maximum atomic E-state index is 11.8. The predicted molar refractivity (Wildman–Crippen MR) is 179 cm³/mol. The Morgan fingerprint density at radius 1 is 0.812 bits per heavy atom. The molecule has 0 aliphatic carbocycles. The predicted octanol–water partition coefficient (Wildman–Crippen LogP) is 2.10. The number of carboxylic acid groups (broad SMARTS) is 1. The van der Waals surface area contributed by atoms with Gasteiger partial charge in [-0.15, -0.1) is 0 Å². The van der Waals surface area contributed by atoms with Crippen molar-refractivity contribution in [1.82, 2.24) is 19.9 Å². The molecule has 1 aliphatic rings. The van der Waals surface area contributed by atoms with Crippen LogP contribution in [0.4, 0.5) is 27.0 Å². The molecule has 14 heteroatoms. The van der Waals surface area contributed by atoms with Crippen LogP contribution < -0.4 is 40.3 Å². The molecule has 3 aromatic heterocycles. The molecule has 0 spiro atoms. The Kier molecular flexibility index (Phi) is 17.1. The van der Waals surface area contributed by atoms with Crippen molar-refractivity contribution in [2.45, 2.75) is 86.0 Å². The molecule has 4 heterocycles. The van der Waals surface area contributed by atoms with Crippen LogP contribution in [0.1, 0.15) is 71.1 Å². The number of carboxylic acids is 1. The van der Waals surface area contributed by atoms with Gasteiger partial charge in [0, 0.05) is 37.0 Å². The maximum absolute atomic E-state index is 11.8. The van der Waals surface area contributed by atoms with Crippen LogP contribution in [-0.2, 0) is 20.8 Å². The molecule has 13 nitrogen and oxygen atoms in total. The van der Waals surface area contributed by atoms with E-state index in [0.29, 0.717) is 36.8 Å². The Bertz CT molecular complexity index is 1450. The SMILES string of the molecule is CC(C)(C)OC(=O)Nc1cc(CN2CCC(C(=O)[O-])CC2)ccn1.Cc1ccnc(N)c1.Cc1ccnc(NC(=O)OC(C)(C)C)c1.[Li+]. The van der Waals surface area contributed by atoms with E-state index < -0.39 is 29.4 Å². The van der Waals surface area contributed by atoms with Gasteiger partial charge in [-0.3, -0.25) is 15.5 Å². The number of aryl methyl sites for hydroxylation is 2. The molecular formula is C34H48LiN7O6. The van der Waals surface area contributed by atoms with Gasteiger partial charge in [-0.2, -0.15) is 0 Å². The zero-order valence-corrected chi connectivity index (χ0v) is 29.6. The van der Waals surface area contributed by atoms with Crippen LogP contribution >= 0.6 is 0 Å². The quantitative estimate of drug-likeness (QED) is 0.342. The molecule has 2 amide bonds. The van der Waals surface area contributed by atoms with E-state index in [4.69, 9.17) is 15.2 Å². The topological polar surface area (TPSA) is 185 Å². The second-order valence-electron chi connectivity index (χ2n) is 13.1. The summed E-state index contributed by atoms with van der Waals surface area (Å²) < 4.78 is 10.3. The number of amides is 2.